The van der Waals surface area contributed by atoms with Crippen LogP contribution in [-0.2, 0) is 0 Å². The van der Waals surface area contributed by atoms with Gasteiger partial charge in [-0.25, -0.2) is 0 Å². The van der Waals surface area contributed by atoms with Crippen LogP contribution in [0, 0.1) is 0 Å². The zero-order valence-electron chi connectivity index (χ0n) is 8.13. The molecule has 0 amide bonds. The molecule has 0 saturated heterocycles. The smallest absolute Gasteiger partial charge is 0.0988 e. The highest BCUT2D eigenvalue weighted by Crippen LogP contribution is 1.94. The lowest BCUT2D eigenvalue weighted by molar-refractivity contribution is 0.324. The van der Waals surface area contributed by atoms with Crippen LogP contribution in [0.5, 0.6) is 0 Å². The fourth-order valence-electron chi connectivity index (χ4n) is 0.694. The van der Waals surface area contributed by atoms with Crippen molar-refractivity contribution in [2.45, 2.75) is 26.9 Å². The Morgan fingerprint density at radius 3 is 2.36 bits per heavy atom. The lowest BCUT2D eigenvalue weighted by atomic mass is 10.3. The van der Waals surface area contributed by atoms with E-state index < -0.39 is 0 Å². The summed E-state index contributed by atoms with van der Waals surface area (Å²) >= 11 is 0. The van der Waals surface area contributed by atoms with Crippen molar-refractivity contribution in [2.75, 3.05) is 14.1 Å². The molecule has 0 aliphatic carbocycles. The molecular weight excluding hydrogens is 136 g/mol. The first-order chi connectivity index (χ1) is 5.07. The van der Waals surface area contributed by atoms with E-state index in [4.69, 9.17) is 0 Å². The third-order valence-corrected chi connectivity index (χ3v) is 1.55. The van der Waals surface area contributed by atoms with Gasteiger partial charge in [0.1, 0.15) is 0 Å². The minimum Gasteiger partial charge on any atom is -0.288 e. The maximum Gasteiger partial charge on any atom is 0.0988 e. The lowest BCUT2D eigenvalue weighted by Crippen LogP contribution is -2.23. The van der Waals surface area contributed by atoms with Gasteiger partial charge in [0.05, 0.1) is 6.17 Å². The van der Waals surface area contributed by atoms with Crippen molar-refractivity contribution in [3.8, 4) is 0 Å². The number of nitrogens with zero attached hydrogens (tertiary/aromatic N) is 2. The number of aliphatic imine (C=N–C) groups is 1. The van der Waals surface area contributed by atoms with Crippen molar-refractivity contribution in [1.82, 2.24) is 4.90 Å². The topological polar surface area (TPSA) is 15.6 Å². The van der Waals surface area contributed by atoms with E-state index in [-0.39, 0.29) is 6.17 Å². The molecule has 1 atom stereocenters. The first-order valence-electron chi connectivity index (χ1n) is 3.91. The Bertz CT molecular complexity index is 157. The molecule has 2 heteroatoms. The number of hydrogen-bond donors (Lipinski definition) is 0. The molecule has 0 aliphatic heterocycles. The van der Waals surface area contributed by atoms with Crippen molar-refractivity contribution >= 4 is 5.71 Å². The second kappa shape index (κ2) is 5.08. The highest BCUT2D eigenvalue weighted by atomic mass is 15.2. The third-order valence-electron chi connectivity index (χ3n) is 1.55. The van der Waals surface area contributed by atoms with Crippen LogP contribution in [-0.4, -0.2) is 30.9 Å². The monoisotopic (exact) mass is 154 g/mol. The second-order valence-corrected chi connectivity index (χ2v) is 2.87. The second-order valence-electron chi connectivity index (χ2n) is 2.87. The summed E-state index contributed by atoms with van der Waals surface area (Å²) < 4.78 is 0. The normalized spacial score (nSPS) is 16.4. The predicted octanol–water partition coefficient (Wildman–Crippen LogP) is 1.93. The Labute approximate surface area is 69.6 Å². The predicted molar refractivity (Wildman–Crippen MR) is 51.1 cm³/mol. The average Bonchev–Trinajstić information content (AvgIpc) is 1.87. The van der Waals surface area contributed by atoms with Crippen molar-refractivity contribution in [3.05, 3.63) is 12.2 Å². The molecule has 0 heterocycles. The minimum absolute atomic E-state index is 0.270. The van der Waals surface area contributed by atoms with E-state index in [0.29, 0.717) is 0 Å². The summed E-state index contributed by atoms with van der Waals surface area (Å²) in [4.78, 5) is 6.50. The summed E-state index contributed by atoms with van der Waals surface area (Å²) in [7, 11) is 4.05. The largest absolute Gasteiger partial charge is 0.288 e. The summed E-state index contributed by atoms with van der Waals surface area (Å²) in [5.74, 6) is 0. The molecule has 2 nitrogen and oxygen atoms in total. The van der Waals surface area contributed by atoms with E-state index in [2.05, 4.69) is 16.8 Å². The summed E-state index contributed by atoms with van der Waals surface area (Å²) in [5.41, 5.74) is 1.08. The molecule has 0 aromatic rings. The quantitative estimate of drug-likeness (QED) is 0.567. The first kappa shape index (κ1) is 10.4. The molecule has 0 aromatic heterocycles. The van der Waals surface area contributed by atoms with Crippen LogP contribution in [0.15, 0.2) is 17.1 Å². The zero-order chi connectivity index (χ0) is 8.85. The van der Waals surface area contributed by atoms with Crippen molar-refractivity contribution in [2.24, 2.45) is 4.99 Å². The molecule has 11 heavy (non-hydrogen) atoms. The average molecular weight is 154 g/mol. The molecule has 0 bridgehead atoms. The van der Waals surface area contributed by atoms with Gasteiger partial charge in [-0.2, -0.15) is 0 Å². The van der Waals surface area contributed by atoms with E-state index >= 15 is 0 Å². The molecule has 0 rings (SSSR count). The van der Waals surface area contributed by atoms with Crippen LogP contribution in [0.4, 0.5) is 0 Å². The van der Waals surface area contributed by atoms with Crippen molar-refractivity contribution in [3.63, 3.8) is 0 Å². The van der Waals surface area contributed by atoms with Crippen LogP contribution in [0.1, 0.15) is 20.8 Å². The van der Waals surface area contributed by atoms with Crippen LogP contribution >= 0.6 is 0 Å². The van der Waals surface area contributed by atoms with Crippen molar-refractivity contribution in [1.29, 1.82) is 0 Å². The Balaban J connectivity index is 4.07. The van der Waals surface area contributed by atoms with Gasteiger partial charge in [0, 0.05) is 5.71 Å². The van der Waals surface area contributed by atoms with Gasteiger partial charge in [0.15, 0.2) is 0 Å². The highest BCUT2D eigenvalue weighted by Gasteiger charge is 1.99. The fraction of sp³-hybridized carbons (Fsp3) is 0.667. The maximum absolute atomic E-state index is 4.42. The van der Waals surface area contributed by atoms with E-state index in [0.717, 1.165) is 5.71 Å². The molecule has 0 spiro atoms. The molecular formula is C9H18N2. The van der Waals surface area contributed by atoms with Gasteiger partial charge in [-0.15, -0.1) is 0 Å². The van der Waals surface area contributed by atoms with Crippen molar-refractivity contribution < 1.29 is 0 Å². The number of allylic oxidation sites excluding steroid dienone is 2. The van der Waals surface area contributed by atoms with Gasteiger partial charge in [0.2, 0.25) is 0 Å². The van der Waals surface area contributed by atoms with Gasteiger partial charge in [-0.3, -0.25) is 9.89 Å². The number of hydrogen-bond acceptors (Lipinski definition) is 2. The summed E-state index contributed by atoms with van der Waals surface area (Å²) in [6.45, 7) is 6.09. The standard InChI is InChI=1S/C9H18N2/c1-6-7-8(2)10-9(3)11(4)5/h6-7,9H,1-5H3/b7-6-,10-8?. The molecule has 0 radical (unpaired) electrons. The summed E-state index contributed by atoms with van der Waals surface area (Å²) in [6.07, 6.45) is 4.28. The van der Waals surface area contributed by atoms with Gasteiger partial charge >= 0.3 is 0 Å². The van der Waals surface area contributed by atoms with Crippen LogP contribution in [0.2, 0.25) is 0 Å². The Morgan fingerprint density at radius 2 is 2.00 bits per heavy atom. The van der Waals surface area contributed by atoms with Crippen LogP contribution in [0.3, 0.4) is 0 Å². The minimum atomic E-state index is 0.270. The summed E-state index contributed by atoms with van der Waals surface area (Å²) in [6, 6.07) is 0. The van der Waals surface area contributed by atoms with Gasteiger partial charge < -0.3 is 0 Å². The molecule has 0 fully saturated rings. The molecule has 0 aromatic carbocycles. The first-order valence-corrected chi connectivity index (χ1v) is 3.91. The highest BCUT2D eigenvalue weighted by molar-refractivity contribution is 5.92. The van der Waals surface area contributed by atoms with E-state index in [9.17, 15) is 0 Å². The van der Waals surface area contributed by atoms with Crippen LogP contribution in [0.25, 0.3) is 0 Å². The lowest BCUT2D eigenvalue weighted by Gasteiger charge is -2.15. The SMILES string of the molecule is C/C=C\C(C)=NC(C)N(C)C. The van der Waals surface area contributed by atoms with Gasteiger partial charge in [-0.05, 0) is 40.9 Å². The Morgan fingerprint density at radius 1 is 1.45 bits per heavy atom. The van der Waals surface area contributed by atoms with Gasteiger partial charge in [0.25, 0.3) is 0 Å². The van der Waals surface area contributed by atoms with E-state index in [1.807, 2.05) is 40.1 Å². The zero-order valence-corrected chi connectivity index (χ0v) is 8.13. The Kier molecular flexibility index (Phi) is 4.79. The Hall–Kier alpha value is -0.630. The summed E-state index contributed by atoms with van der Waals surface area (Å²) in [5, 5.41) is 0. The van der Waals surface area contributed by atoms with Crippen LogP contribution < -0.4 is 0 Å². The molecule has 64 valence electrons. The number of rotatable bonds is 3. The molecule has 0 aliphatic rings. The molecule has 1 unspecified atom stereocenters. The van der Waals surface area contributed by atoms with E-state index in [1.54, 1.807) is 0 Å². The molecule has 0 saturated carbocycles. The molecule has 0 N–H and O–H groups in total. The maximum atomic E-state index is 4.42. The van der Waals surface area contributed by atoms with E-state index in [1.165, 1.54) is 0 Å². The van der Waals surface area contributed by atoms with Gasteiger partial charge in [-0.1, -0.05) is 6.08 Å². The third kappa shape index (κ3) is 4.73. The fourth-order valence-corrected chi connectivity index (χ4v) is 0.694.